The summed E-state index contributed by atoms with van der Waals surface area (Å²) in [6.07, 6.45) is 4.90. The molecule has 1 atom stereocenters. The topological polar surface area (TPSA) is 108 Å². The maximum Gasteiger partial charge on any atom is 0.237 e. The van der Waals surface area contributed by atoms with Gasteiger partial charge >= 0.3 is 0 Å². The van der Waals surface area contributed by atoms with Crippen LogP contribution in [-0.2, 0) is 20.4 Å². The number of sulfonamides is 1. The number of ether oxygens (including phenoxy) is 1. The highest BCUT2D eigenvalue weighted by molar-refractivity contribution is 7.89. The van der Waals surface area contributed by atoms with Crippen molar-refractivity contribution in [3.63, 3.8) is 0 Å². The predicted octanol–water partition coefficient (Wildman–Crippen LogP) is 1.81. The van der Waals surface area contributed by atoms with Gasteiger partial charge in [0.15, 0.2) is 17.9 Å². The Hall–Kier alpha value is -2.01. The second-order valence-electron chi connectivity index (χ2n) is 8.84. The molecule has 3 N–H and O–H groups in total. The molecule has 1 unspecified atom stereocenters. The number of nitrogens with one attached hydrogen (secondary N) is 2. The van der Waals surface area contributed by atoms with Crippen LogP contribution in [0, 0.1) is 11.7 Å². The second kappa shape index (κ2) is 10.3. The Morgan fingerprint density at radius 1 is 1.38 bits per heavy atom. The molecular weight excluding hydrogens is 437 g/mol. The molecule has 1 aliphatic heterocycles. The van der Waals surface area contributed by atoms with Crippen molar-refractivity contribution < 1.29 is 27.4 Å². The van der Waals surface area contributed by atoms with Gasteiger partial charge in [-0.2, -0.15) is 0 Å². The lowest BCUT2D eigenvalue weighted by atomic mass is 9.73. The molecule has 1 aromatic carbocycles. The van der Waals surface area contributed by atoms with Gasteiger partial charge in [-0.25, -0.2) is 22.4 Å². The summed E-state index contributed by atoms with van der Waals surface area (Å²) >= 11 is 0. The van der Waals surface area contributed by atoms with Crippen molar-refractivity contribution in [2.24, 2.45) is 5.92 Å². The fourth-order valence-electron chi connectivity index (χ4n) is 3.76. The van der Waals surface area contributed by atoms with E-state index in [-0.39, 0.29) is 29.9 Å². The molecule has 8 nitrogen and oxygen atoms in total. The maximum atomic E-state index is 14.2. The van der Waals surface area contributed by atoms with Crippen molar-refractivity contribution in [3.05, 3.63) is 41.7 Å². The number of rotatable bonds is 11. The lowest BCUT2D eigenvalue weighted by molar-refractivity contribution is -0.119. The van der Waals surface area contributed by atoms with E-state index in [1.807, 2.05) is 13.8 Å². The Balaban J connectivity index is 1.58. The number of halogens is 1. The molecular formula is C22H32FN3O5S. The molecule has 3 rings (SSSR count). The Labute approximate surface area is 188 Å². The van der Waals surface area contributed by atoms with Gasteiger partial charge in [-0.05, 0) is 49.3 Å². The molecule has 1 aliphatic carbocycles. The SMILES string of the molecule is CC(C)COc1cc(C2(NS(=O)(=O)CC/C=C/CN3CC(=O)NC3O)CCC2)ccc1F. The zero-order valence-corrected chi connectivity index (χ0v) is 19.3. The lowest BCUT2D eigenvalue weighted by Crippen LogP contribution is -2.51. The van der Waals surface area contributed by atoms with E-state index < -0.39 is 27.7 Å². The highest BCUT2D eigenvalue weighted by atomic mass is 32.2. The Bertz CT molecular complexity index is 947. The highest BCUT2D eigenvalue weighted by Gasteiger charge is 2.42. The molecule has 1 amide bonds. The van der Waals surface area contributed by atoms with Crippen LogP contribution in [0.1, 0.15) is 45.1 Å². The molecule has 0 radical (unpaired) electrons. The Morgan fingerprint density at radius 2 is 2.12 bits per heavy atom. The molecule has 1 heterocycles. The van der Waals surface area contributed by atoms with Crippen LogP contribution in [0.5, 0.6) is 5.75 Å². The van der Waals surface area contributed by atoms with E-state index >= 15 is 0 Å². The summed E-state index contributed by atoms with van der Waals surface area (Å²) in [4.78, 5) is 12.8. The summed E-state index contributed by atoms with van der Waals surface area (Å²) in [6, 6.07) is 4.56. The zero-order valence-electron chi connectivity index (χ0n) is 18.5. The monoisotopic (exact) mass is 469 g/mol. The first-order valence-corrected chi connectivity index (χ1v) is 12.6. The molecule has 1 saturated heterocycles. The van der Waals surface area contributed by atoms with Crippen molar-refractivity contribution in [2.75, 3.05) is 25.4 Å². The first-order chi connectivity index (χ1) is 15.1. The standard InChI is InChI=1S/C22H32FN3O5S/c1-16(2)15-31-19-13-17(7-8-18(19)23)22(9-6-10-22)25-32(29,30)12-5-3-4-11-26-14-20(27)24-21(26)28/h3-4,7-8,13,16,21,25,28H,5-6,9-12,14-15H2,1-2H3,(H,24,27)/b4-3+. The molecule has 10 heteroatoms. The summed E-state index contributed by atoms with van der Waals surface area (Å²) in [7, 11) is -3.58. The van der Waals surface area contributed by atoms with Gasteiger partial charge in [-0.15, -0.1) is 0 Å². The van der Waals surface area contributed by atoms with Crippen LogP contribution in [0.15, 0.2) is 30.4 Å². The molecule has 32 heavy (non-hydrogen) atoms. The van der Waals surface area contributed by atoms with Crippen LogP contribution < -0.4 is 14.8 Å². The minimum atomic E-state index is -3.58. The van der Waals surface area contributed by atoms with Crippen LogP contribution in [0.3, 0.4) is 0 Å². The Morgan fingerprint density at radius 3 is 2.72 bits per heavy atom. The highest BCUT2D eigenvalue weighted by Crippen LogP contribution is 2.43. The van der Waals surface area contributed by atoms with Crippen LogP contribution >= 0.6 is 0 Å². The third kappa shape index (κ3) is 6.28. The average Bonchev–Trinajstić information content (AvgIpc) is 3.01. The van der Waals surface area contributed by atoms with Crippen LogP contribution in [0.25, 0.3) is 0 Å². The number of carbonyl (C=O) groups excluding carboxylic acids is 1. The van der Waals surface area contributed by atoms with E-state index in [2.05, 4.69) is 10.0 Å². The molecule has 1 saturated carbocycles. The van der Waals surface area contributed by atoms with Crippen molar-refractivity contribution in [1.82, 2.24) is 14.9 Å². The fraction of sp³-hybridized carbons (Fsp3) is 0.591. The Kier molecular flexibility index (Phi) is 7.92. The quantitative estimate of drug-likeness (QED) is 0.427. The third-order valence-electron chi connectivity index (χ3n) is 5.66. The molecule has 0 aromatic heterocycles. The van der Waals surface area contributed by atoms with Crippen LogP contribution in [0.4, 0.5) is 4.39 Å². The summed E-state index contributed by atoms with van der Waals surface area (Å²) < 4.78 is 48.0. The smallest absolute Gasteiger partial charge is 0.237 e. The molecule has 178 valence electrons. The van der Waals surface area contributed by atoms with Gasteiger partial charge in [0.25, 0.3) is 0 Å². The first-order valence-electron chi connectivity index (χ1n) is 10.9. The largest absolute Gasteiger partial charge is 0.490 e. The average molecular weight is 470 g/mol. The number of allylic oxidation sites excluding steroid dienone is 1. The van der Waals surface area contributed by atoms with Gasteiger partial charge in [0.05, 0.1) is 24.4 Å². The van der Waals surface area contributed by atoms with Gasteiger partial charge in [0.2, 0.25) is 15.9 Å². The molecule has 0 bridgehead atoms. The van der Waals surface area contributed by atoms with Gasteiger partial charge in [0, 0.05) is 6.54 Å². The van der Waals surface area contributed by atoms with E-state index in [0.29, 0.717) is 38.0 Å². The van der Waals surface area contributed by atoms with Crippen molar-refractivity contribution in [3.8, 4) is 5.75 Å². The summed E-state index contributed by atoms with van der Waals surface area (Å²) in [5, 5.41) is 12.0. The number of benzene rings is 1. The van der Waals surface area contributed by atoms with E-state index in [4.69, 9.17) is 4.74 Å². The number of carbonyl (C=O) groups is 1. The first kappa shape index (κ1) is 24.6. The zero-order chi connectivity index (χ0) is 23.4. The fourth-order valence-corrected chi connectivity index (χ4v) is 5.23. The van der Waals surface area contributed by atoms with Gasteiger partial charge in [-0.3, -0.25) is 4.79 Å². The van der Waals surface area contributed by atoms with Gasteiger partial charge in [-0.1, -0.05) is 32.1 Å². The van der Waals surface area contributed by atoms with Crippen molar-refractivity contribution in [1.29, 1.82) is 0 Å². The summed E-state index contributed by atoms with van der Waals surface area (Å²) in [5.41, 5.74) is -0.0269. The normalized spacial score (nSPS) is 21.2. The van der Waals surface area contributed by atoms with E-state index in [1.165, 1.54) is 11.0 Å². The number of aliphatic hydroxyl groups excluding tert-OH is 1. The third-order valence-corrected chi connectivity index (χ3v) is 7.13. The number of hydrogen-bond donors (Lipinski definition) is 3. The molecule has 0 spiro atoms. The predicted molar refractivity (Wildman–Crippen MR) is 119 cm³/mol. The van der Waals surface area contributed by atoms with E-state index in [9.17, 15) is 22.7 Å². The number of nitrogens with zero attached hydrogens (tertiary/aromatic N) is 1. The van der Waals surface area contributed by atoms with Crippen LogP contribution in [-0.4, -0.2) is 56.1 Å². The number of hydrogen-bond acceptors (Lipinski definition) is 6. The van der Waals surface area contributed by atoms with Gasteiger partial charge < -0.3 is 15.2 Å². The second-order valence-corrected chi connectivity index (χ2v) is 10.7. The minimum Gasteiger partial charge on any atom is -0.490 e. The van der Waals surface area contributed by atoms with Crippen molar-refractivity contribution in [2.45, 2.75) is 51.4 Å². The van der Waals surface area contributed by atoms with E-state index in [0.717, 1.165) is 6.42 Å². The minimum absolute atomic E-state index is 0.0944. The molecule has 2 aliphatic rings. The summed E-state index contributed by atoms with van der Waals surface area (Å²) in [6.45, 7) is 4.77. The van der Waals surface area contributed by atoms with Gasteiger partial charge in [0.1, 0.15) is 0 Å². The molecule has 2 fully saturated rings. The lowest BCUT2D eigenvalue weighted by Gasteiger charge is -2.42. The maximum absolute atomic E-state index is 14.2. The van der Waals surface area contributed by atoms with E-state index in [1.54, 1.807) is 24.3 Å². The molecule has 1 aromatic rings. The number of amides is 1. The number of aliphatic hydroxyl groups is 1. The summed E-state index contributed by atoms with van der Waals surface area (Å²) in [5.74, 6) is -0.420. The van der Waals surface area contributed by atoms with Crippen molar-refractivity contribution >= 4 is 15.9 Å². The van der Waals surface area contributed by atoms with Crippen LogP contribution in [0.2, 0.25) is 0 Å².